The van der Waals surface area contributed by atoms with Crippen molar-refractivity contribution in [2.45, 2.75) is 39.7 Å². The van der Waals surface area contributed by atoms with Crippen molar-refractivity contribution in [3.8, 4) is 11.5 Å². The third-order valence-corrected chi connectivity index (χ3v) is 5.14. The van der Waals surface area contributed by atoms with Crippen molar-refractivity contribution in [3.05, 3.63) is 66.7 Å². The topological polar surface area (TPSA) is 56.8 Å². The molecule has 1 N–H and O–H groups in total. The monoisotopic (exact) mass is 425 g/mol. The van der Waals surface area contributed by atoms with E-state index in [4.69, 9.17) is 14.2 Å². The summed E-state index contributed by atoms with van der Waals surface area (Å²) in [5.74, 6) is 1.40. The van der Waals surface area contributed by atoms with Crippen LogP contribution < -0.4 is 14.8 Å². The van der Waals surface area contributed by atoms with E-state index in [1.807, 2.05) is 63.2 Å². The molecular weight excluding hydrogens is 390 g/mol. The predicted octanol–water partition coefficient (Wildman–Crippen LogP) is 6.03. The van der Waals surface area contributed by atoms with Crippen LogP contribution in [0.4, 0.5) is 5.69 Å². The molecule has 0 amide bonds. The predicted molar refractivity (Wildman–Crippen MR) is 126 cm³/mol. The van der Waals surface area contributed by atoms with E-state index < -0.39 is 5.41 Å². The van der Waals surface area contributed by atoms with E-state index in [0.29, 0.717) is 12.4 Å². The summed E-state index contributed by atoms with van der Waals surface area (Å²) in [5, 5.41) is 3.63. The van der Waals surface area contributed by atoms with Crippen LogP contribution >= 0.6 is 0 Å². The number of ether oxygens (including phenoxy) is 3. The maximum absolute atomic E-state index is 12.0. The zero-order chi connectivity index (χ0) is 22.9. The first kappa shape index (κ1) is 24.3. The molecule has 31 heavy (non-hydrogen) atoms. The van der Waals surface area contributed by atoms with Gasteiger partial charge in [-0.25, -0.2) is 0 Å². The Morgan fingerprint density at radius 2 is 1.81 bits per heavy atom. The molecule has 2 aromatic rings. The van der Waals surface area contributed by atoms with Crippen molar-refractivity contribution in [2.75, 3.05) is 26.1 Å². The number of benzene rings is 2. The number of esters is 1. The Balaban J connectivity index is 2.17. The first-order chi connectivity index (χ1) is 14.8. The molecule has 2 aromatic carbocycles. The van der Waals surface area contributed by atoms with Gasteiger partial charge in [0.25, 0.3) is 0 Å². The molecule has 5 heteroatoms. The second-order valence-electron chi connectivity index (χ2n) is 8.53. The average molecular weight is 426 g/mol. The maximum Gasteiger partial charge on any atom is 0.311 e. The summed E-state index contributed by atoms with van der Waals surface area (Å²) in [5.41, 5.74) is 1.54. The van der Waals surface area contributed by atoms with Gasteiger partial charge in [-0.3, -0.25) is 4.79 Å². The van der Waals surface area contributed by atoms with E-state index in [9.17, 15) is 4.79 Å². The Morgan fingerprint density at radius 3 is 2.39 bits per heavy atom. The first-order valence-corrected chi connectivity index (χ1v) is 10.6. The van der Waals surface area contributed by atoms with Gasteiger partial charge in [0.15, 0.2) is 0 Å². The number of anilines is 1. The zero-order valence-electron chi connectivity index (χ0n) is 19.3. The molecule has 0 fully saturated rings. The quantitative estimate of drug-likeness (QED) is 0.271. The molecule has 0 aliphatic carbocycles. The molecule has 0 radical (unpaired) electrons. The number of methoxy groups -OCH3 is 2. The summed E-state index contributed by atoms with van der Waals surface area (Å²) in [7, 11) is 3.28. The Hall–Kier alpha value is -2.95. The third kappa shape index (κ3) is 7.06. The highest BCUT2D eigenvalue weighted by atomic mass is 16.5. The summed E-state index contributed by atoms with van der Waals surface area (Å²) in [6.45, 7) is 10.1. The van der Waals surface area contributed by atoms with Crippen molar-refractivity contribution in [2.24, 2.45) is 11.3 Å². The summed E-state index contributed by atoms with van der Waals surface area (Å²) in [6, 6.07) is 16.0. The van der Waals surface area contributed by atoms with Gasteiger partial charge < -0.3 is 19.5 Å². The third-order valence-electron chi connectivity index (χ3n) is 5.14. The van der Waals surface area contributed by atoms with E-state index in [1.54, 1.807) is 14.2 Å². The smallest absolute Gasteiger partial charge is 0.311 e. The average Bonchev–Trinajstić information content (AvgIpc) is 2.77. The van der Waals surface area contributed by atoms with E-state index >= 15 is 0 Å². The molecule has 0 saturated carbocycles. The number of carbonyl (C=O) groups excluding carboxylic acids is 1. The Morgan fingerprint density at radius 1 is 1.10 bits per heavy atom. The Kier molecular flexibility index (Phi) is 8.98. The molecular formula is C26H35NO4. The SMILES string of the molecule is C=C[C@H](CCCOC(=O)C(C)(C)C)[C@@H](Nc1ccc(OC)cc1OC)c1ccccc1. The highest BCUT2D eigenvalue weighted by molar-refractivity contribution is 5.75. The van der Waals surface area contributed by atoms with E-state index in [-0.39, 0.29) is 17.9 Å². The van der Waals surface area contributed by atoms with Gasteiger partial charge in [0.1, 0.15) is 11.5 Å². The molecule has 0 aromatic heterocycles. The molecule has 0 spiro atoms. The van der Waals surface area contributed by atoms with Crippen molar-refractivity contribution in [3.63, 3.8) is 0 Å². The first-order valence-electron chi connectivity index (χ1n) is 10.6. The molecule has 0 unspecified atom stereocenters. The fourth-order valence-corrected chi connectivity index (χ4v) is 3.30. The minimum atomic E-state index is -0.489. The molecule has 168 valence electrons. The molecule has 5 nitrogen and oxygen atoms in total. The number of carbonyl (C=O) groups is 1. The highest BCUT2D eigenvalue weighted by Gasteiger charge is 2.24. The lowest BCUT2D eigenvalue weighted by Crippen LogP contribution is -2.24. The van der Waals surface area contributed by atoms with Crippen LogP contribution in [0.15, 0.2) is 61.2 Å². The summed E-state index contributed by atoms with van der Waals surface area (Å²) in [6.07, 6.45) is 3.54. The van der Waals surface area contributed by atoms with Gasteiger partial charge in [0.2, 0.25) is 0 Å². The zero-order valence-corrected chi connectivity index (χ0v) is 19.3. The maximum atomic E-state index is 12.0. The molecule has 0 heterocycles. The van der Waals surface area contributed by atoms with Crippen LogP contribution in [0, 0.1) is 11.3 Å². The van der Waals surface area contributed by atoms with Crippen molar-refractivity contribution in [1.29, 1.82) is 0 Å². The van der Waals surface area contributed by atoms with E-state index in [2.05, 4.69) is 24.0 Å². The summed E-state index contributed by atoms with van der Waals surface area (Å²) >= 11 is 0. The van der Waals surface area contributed by atoms with Gasteiger partial charge in [-0.2, -0.15) is 0 Å². The largest absolute Gasteiger partial charge is 0.497 e. The standard InChI is InChI=1S/C26H35NO4/c1-7-19(14-11-17-31-25(28)26(2,3)4)24(20-12-9-8-10-13-20)27-22-16-15-21(29-5)18-23(22)30-6/h7-10,12-13,15-16,18-19,24,27H,1,11,14,17H2,2-6H3/t19-,24-/m1/s1. The van der Waals surface area contributed by atoms with Crippen molar-refractivity contribution < 1.29 is 19.0 Å². The van der Waals surface area contributed by atoms with Gasteiger partial charge >= 0.3 is 5.97 Å². The lowest BCUT2D eigenvalue weighted by molar-refractivity contribution is -0.153. The number of hydrogen-bond acceptors (Lipinski definition) is 5. The lowest BCUT2D eigenvalue weighted by Gasteiger charge is -2.28. The van der Waals surface area contributed by atoms with Crippen LogP contribution in [0.3, 0.4) is 0 Å². The Labute approximate surface area is 186 Å². The van der Waals surface area contributed by atoms with Crippen LogP contribution in [-0.4, -0.2) is 26.8 Å². The molecule has 0 aliphatic heterocycles. The van der Waals surface area contributed by atoms with Crippen molar-refractivity contribution >= 4 is 11.7 Å². The minimum absolute atomic E-state index is 0.0145. The van der Waals surface area contributed by atoms with E-state index in [1.165, 1.54) is 0 Å². The van der Waals surface area contributed by atoms with Gasteiger partial charge in [-0.05, 0) is 51.3 Å². The normalized spacial score (nSPS) is 13.1. The lowest BCUT2D eigenvalue weighted by atomic mass is 9.89. The second-order valence-corrected chi connectivity index (χ2v) is 8.53. The fraction of sp³-hybridized carbons (Fsp3) is 0.423. The highest BCUT2D eigenvalue weighted by Crippen LogP contribution is 2.36. The molecule has 0 saturated heterocycles. The van der Waals surface area contributed by atoms with Crippen LogP contribution in [0.25, 0.3) is 0 Å². The fourth-order valence-electron chi connectivity index (χ4n) is 3.30. The molecule has 2 atom stereocenters. The summed E-state index contributed by atoms with van der Waals surface area (Å²) in [4.78, 5) is 12.0. The Bertz CT molecular complexity index is 842. The van der Waals surface area contributed by atoms with Crippen molar-refractivity contribution in [1.82, 2.24) is 0 Å². The van der Waals surface area contributed by atoms with Gasteiger partial charge in [-0.15, -0.1) is 6.58 Å². The van der Waals surface area contributed by atoms with Crippen LogP contribution in [0.2, 0.25) is 0 Å². The molecule has 0 aliphatic rings. The number of rotatable bonds is 11. The second kappa shape index (κ2) is 11.4. The molecule has 0 bridgehead atoms. The van der Waals surface area contributed by atoms with Gasteiger partial charge in [0, 0.05) is 12.0 Å². The summed E-state index contributed by atoms with van der Waals surface area (Å²) < 4.78 is 16.3. The molecule has 2 rings (SSSR count). The number of hydrogen-bond donors (Lipinski definition) is 1. The van der Waals surface area contributed by atoms with Crippen LogP contribution in [0.5, 0.6) is 11.5 Å². The minimum Gasteiger partial charge on any atom is -0.497 e. The van der Waals surface area contributed by atoms with Crippen LogP contribution in [0.1, 0.15) is 45.2 Å². The van der Waals surface area contributed by atoms with E-state index in [0.717, 1.165) is 29.8 Å². The van der Waals surface area contributed by atoms with Gasteiger partial charge in [0.05, 0.1) is 38.0 Å². The van der Waals surface area contributed by atoms with Crippen LogP contribution in [-0.2, 0) is 9.53 Å². The number of nitrogens with one attached hydrogen (secondary N) is 1. The van der Waals surface area contributed by atoms with Gasteiger partial charge in [-0.1, -0.05) is 36.4 Å².